The minimum atomic E-state index is -0.888. The monoisotopic (exact) mass is 416 g/mol. The van der Waals surface area contributed by atoms with E-state index in [1.165, 1.54) is 6.92 Å². The summed E-state index contributed by atoms with van der Waals surface area (Å²) >= 11 is 1.59. The number of thioether (sulfide) groups is 1. The molecule has 0 unspecified atom stereocenters. The summed E-state index contributed by atoms with van der Waals surface area (Å²) in [5.41, 5.74) is 1.86. The van der Waals surface area contributed by atoms with Crippen molar-refractivity contribution in [3.63, 3.8) is 0 Å². The second kappa shape index (κ2) is 9.50. The minimum absolute atomic E-state index is 0.174. The van der Waals surface area contributed by atoms with Crippen molar-refractivity contribution in [3.8, 4) is 5.75 Å². The van der Waals surface area contributed by atoms with Crippen molar-refractivity contribution in [3.05, 3.63) is 52.6 Å². The van der Waals surface area contributed by atoms with Crippen LogP contribution in [0, 0.1) is 0 Å². The van der Waals surface area contributed by atoms with Crippen molar-refractivity contribution < 1.29 is 19.1 Å². The van der Waals surface area contributed by atoms with Crippen LogP contribution in [0.1, 0.15) is 30.6 Å². The Morgan fingerprint density at radius 3 is 2.52 bits per heavy atom. The molecule has 1 aliphatic carbocycles. The number of hydrogen-bond donors (Lipinski definition) is 0. The number of allylic oxidation sites excluding steroid dienone is 2. The number of rotatable bonds is 6. The van der Waals surface area contributed by atoms with Crippen LogP contribution < -0.4 is 4.74 Å². The Balaban J connectivity index is 2.03. The van der Waals surface area contributed by atoms with E-state index in [-0.39, 0.29) is 11.2 Å². The van der Waals surface area contributed by atoms with Crippen LogP contribution >= 0.6 is 11.8 Å². The molecular weight excluding hydrogens is 388 g/mol. The quantitative estimate of drug-likeness (QED) is 0.663. The molecule has 1 heterocycles. The summed E-state index contributed by atoms with van der Waals surface area (Å²) in [6.07, 6.45) is 5.26. The first-order valence-electron chi connectivity index (χ1n) is 9.75. The molecule has 0 saturated carbocycles. The van der Waals surface area contributed by atoms with Gasteiger partial charge in [-0.05, 0) is 44.6 Å². The fourth-order valence-electron chi connectivity index (χ4n) is 3.45. The molecule has 0 bridgehead atoms. The largest absolute Gasteiger partial charge is 0.497 e. The van der Waals surface area contributed by atoms with Crippen LogP contribution in [0.15, 0.2) is 47.0 Å². The number of amides is 1. The van der Waals surface area contributed by atoms with E-state index in [4.69, 9.17) is 9.47 Å². The Morgan fingerprint density at radius 1 is 1.21 bits per heavy atom. The molecule has 1 aromatic carbocycles. The van der Waals surface area contributed by atoms with E-state index >= 15 is 0 Å². The van der Waals surface area contributed by atoms with Crippen LogP contribution in [0.25, 0.3) is 0 Å². The van der Waals surface area contributed by atoms with Gasteiger partial charge in [-0.2, -0.15) is 0 Å². The third-order valence-electron chi connectivity index (χ3n) is 4.92. The number of ether oxygens (including phenoxy) is 2. The zero-order valence-corrected chi connectivity index (χ0v) is 18.2. The van der Waals surface area contributed by atoms with Crippen molar-refractivity contribution in [2.75, 3.05) is 34.3 Å². The van der Waals surface area contributed by atoms with E-state index in [1.54, 1.807) is 23.8 Å². The van der Waals surface area contributed by atoms with E-state index < -0.39 is 12.1 Å². The summed E-state index contributed by atoms with van der Waals surface area (Å²) in [5, 5.41) is -0.325. The van der Waals surface area contributed by atoms with Crippen molar-refractivity contribution in [2.24, 2.45) is 0 Å². The van der Waals surface area contributed by atoms with Crippen molar-refractivity contribution in [1.82, 2.24) is 9.80 Å². The summed E-state index contributed by atoms with van der Waals surface area (Å²) in [4.78, 5) is 30.4. The predicted octanol–water partition coefficient (Wildman–Crippen LogP) is 3.37. The lowest BCUT2D eigenvalue weighted by atomic mass is 10.0. The number of carbonyl (C=O) groups excluding carboxylic acids is 2. The first kappa shape index (κ1) is 21.5. The molecule has 7 heteroatoms. The first-order chi connectivity index (χ1) is 13.9. The lowest BCUT2D eigenvalue weighted by Crippen LogP contribution is -2.44. The highest BCUT2D eigenvalue weighted by molar-refractivity contribution is 8.03. The number of benzene rings is 1. The molecule has 2 aliphatic rings. The van der Waals surface area contributed by atoms with Crippen molar-refractivity contribution in [1.29, 1.82) is 0 Å². The maximum atomic E-state index is 13.6. The van der Waals surface area contributed by atoms with Gasteiger partial charge in [-0.25, -0.2) is 0 Å². The summed E-state index contributed by atoms with van der Waals surface area (Å²) < 4.78 is 10.9. The average Bonchev–Trinajstić information content (AvgIpc) is 2.81. The molecule has 156 valence electrons. The Bertz CT molecular complexity index is 817. The van der Waals surface area contributed by atoms with Crippen molar-refractivity contribution in [2.45, 2.75) is 31.1 Å². The van der Waals surface area contributed by atoms with Gasteiger partial charge in [-0.1, -0.05) is 24.3 Å². The standard InChI is InChI=1S/C22H28N2O4S/c1-15(25)28-20-21(16-9-11-17(27-4)12-10-16)29-19-8-6-5-7-18(19)24(22(20)26)14-13-23(2)3/h7-12,20-21H,5-6,13-14H2,1-4H3/t20-,21+/m1/s1. The highest BCUT2D eigenvalue weighted by Crippen LogP contribution is 2.47. The highest BCUT2D eigenvalue weighted by atomic mass is 32.2. The van der Waals surface area contributed by atoms with Gasteiger partial charge in [0.1, 0.15) is 5.75 Å². The van der Waals surface area contributed by atoms with Gasteiger partial charge in [-0.15, -0.1) is 11.8 Å². The van der Waals surface area contributed by atoms with E-state index in [0.29, 0.717) is 6.54 Å². The van der Waals surface area contributed by atoms with Gasteiger partial charge in [0.2, 0.25) is 0 Å². The Hall–Kier alpha value is -2.25. The molecule has 29 heavy (non-hydrogen) atoms. The Labute approximate surface area is 176 Å². The number of esters is 1. The van der Waals surface area contributed by atoms with E-state index in [2.05, 4.69) is 12.2 Å². The van der Waals surface area contributed by atoms with Crippen LogP contribution in [-0.4, -0.2) is 62.1 Å². The molecule has 0 N–H and O–H groups in total. The van der Waals surface area contributed by atoms with Gasteiger partial charge < -0.3 is 19.3 Å². The van der Waals surface area contributed by atoms with E-state index in [9.17, 15) is 9.59 Å². The topological polar surface area (TPSA) is 59.1 Å². The minimum Gasteiger partial charge on any atom is -0.497 e. The summed E-state index contributed by atoms with van der Waals surface area (Å²) in [6, 6.07) is 7.60. The Morgan fingerprint density at radius 2 is 1.90 bits per heavy atom. The molecule has 0 spiro atoms. The molecule has 0 aromatic heterocycles. The molecule has 1 saturated heterocycles. The zero-order valence-electron chi connectivity index (χ0n) is 17.4. The number of carbonyl (C=O) groups is 2. The average molecular weight is 417 g/mol. The van der Waals surface area contributed by atoms with Gasteiger partial charge in [0.25, 0.3) is 5.91 Å². The molecule has 1 amide bonds. The molecule has 1 fully saturated rings. The number of likely N-dealkylation sites (N-methyl/N-ethyl adjacent to an activating group) is 1. The Kier molecular flexibility index (Phi) is 7.03. The van der Waals surface area contributed by atoms with Crippen molar-refractivity contribution >= 4 is 23.6 Å². The first-order valence-corrected chi connectivity index (χ1v) is 10.6. The smallest absolute Gasteiger partial charge is 0.303 e. The lowest BCUT2D eigenvalue weighted by Gasteiger charge is -2.29. The van der Waals surface area contributed by atoms with Gasteiger partial charge in [-0.3, -0.25) is 9.59 Å². The molecule has 2 atom stereocenters. The lowest BCUT2D eigenvalue weighted by molar-refractivity contribution is -0.157. The molecule has 1 aliphatic heterocycles. The highest BCUT2D eigenvalue weighted by Gasteiger charge is 2.42. The molecule has 1 aromatic rings. The second-order valence-corrected chi connectivity index (χ2v) is 8.55. The van der Waals surface area contributed by atoms with Gasteiger partial charge in [0.15, 0.2) is 6.10 Å². The zero-order chi connectivity index (χ0) is 21.0. The third-order valence-corrected chi connectivity index (χ3v) is 6.33. The van der Waals surface area contributed by atoms with Crippen LogP contribution in [0.3, 0.4) is 0 Å². The molecule has 0 radical (unpaired) electrons. The van der Waals surface area contributed by atoms with Crippen LogP contribution in [0.2, 0.25) is 0 Å². The fourth-order valence-corrected chi connectivity index (χ4v) is 4.84. The van der Waals surface area contributed by atoms with Gasteiger partial charge in [0.05, 0.1) is 18.1 Å². The van der Waals surface area contributed by atoms with Gasteiger partial charge >= 0.3 is 5.97 Å². The SMILES string of the molecule is COc1ccc([C@@H]2SC3=CCCC=C3N(CCN(C)C)C(=O)[C@@H]2OC(C)=O)cc1. The van der Waals surface area contributed by atoms with E-state index in [0.717, 1.165) is 41.3 Å². The second-order valence-electron chi connectivity index (χ2n) is 7.37. The molecular formula is C22H28N2O4S. The fraction of sp³-hybridized carbons (Fsp3) is 0.455. The van der Waals surface area contributed by atoms with Crippen LogP contribution in [0.4, 0.5) is 0 Å². The normalized spacial score (nSPS) is 21.8. The summed E-state index contributed by atoms with van der Waals surface area (Å²) in [5.74, 6) is 0.114. The third kappa shape index (κ3) is 5.03. The maximum Gasteiger partial charge on any atom is 0.303 e. The number of fused-ring (bicyclic) bond motifs is 1. The van der Waals surface area contributed by atoms with Crippen LogP contribution in [0.5, 0.6) is 5.75 Å². The number of methoxy groups -OCH3 is 1. The molecule has 6 nitrogen and oxygen atoms in total. The van der Waals surface area contributed by atoms with Gasteiger partial charge in [0, 0.05) is 24.9 Å². The number of hydrogen-bond acceptors (Lipinski definition) is 6. The summed E-state index contributed by atoms with van der Waals surface area (Å²) in [6.45, 7) is 2.62. The summed E-state index contributed by atoms with van der Waals surface area (Å²) in [7, 11) is 5.58. The molecule has 3 rings (SSSR count). The van der Waals surface area contributed by atoms with Crippen LogP contribution in [-0.2, 0) is 14.3 Å². The maximum absolute atomic E-state index is 13.6. The predicted molar refractivity (Wildman–Crippen MR) is 115 cm³/mol. The van der Waals surface area contributed by atoms with E-state index in [1.807, 2.05) is 43.3 Å². The number of nitrogens with zero attached hydrogens (tertiary/aromatic N) is 2.